The van der Waals surface area contributed by atoms with Gasteiger partial charge in [0.2, 0.25) is 0 Å². The van der Waals surface area contributed by atoms with Crippen molar-refractivity contribution in [2.75, 3.05) is 0 Å². The molecule has 0 amide bonds. The Kier molecular flexibility index (Phi) is 7.17. The van der Waals surface area contributed by atoms with Crippen LogP contribution in [0.5, 0.6) is 0 Å². The van der Waals surface area contributed by atoms with E-state index in [4.69, 9.17) is 0 Å². The normalized spacial score (nSPS) is 10.9. The SMILES string of the molecule is O=C(C/C=C/CCCCCc1ccccc1)c1ccccc1. The van der Waals surface area contributed by atoms with Gasteiger partial charge in [0.05, 0.1) is 0 Å². The first-order valence-corrected chi connectivity index (χ1v) is 8.13. The summed E-state index contributed by atoms with van der Waals surface area (Å²) in [4.78, 5) is 11.9. The second-order valence-electron chi connectivity index (χ2n) is 5.55. The zero-order valence-electron chi connectivity index (χ0n) is 13.1. The Balaban J connectivity index is 1.54. The molecule has 114 valence electrons. The first-order valence-electron chi connectivity index (χ1n) is 8.13. The molecule has 0 saturated carbocycles. The molecule has 2 aromatic carbocycles. The van der Waals surface area contributed by atoms with Crippen LogP contribution in [-0.4, -0.2) is 5.78 Å². The third-order valence-corrected chi connectivity index (χ3v) is 3.74. The van der Waals surface area contributed by atoms with Crippen molar-refractivity contribution in [2.45, 2.75) is 38.5 Å². The van der Waals surface area contributed by atoms with Gasteiger partial charge < -0.3 is 0 Å². The van der Waals surface area contributed by atoms with E-state index in [1.165, 1.54) is 24.8 Å². The lowest BCUT2D eigenvalue weighted by Gasteiger charge is -2.00. The lowest BCUT2D eigenvalue weighted by Crippen LogP contribution is -1.95. The number of aryl methyl sites for hydroxylation is 1. The summed E-state index contributed by atoms with van der Waals surface area (Å²) >= 11 is 0. The largest absolute Gasteiger partial charge is 0.294 e. The Hall–Kier alpha value is -2.15. The van der Waals surface area contributed by atoms with Crippen LogP contribution in [0.1, 0.15) is 48.0 Å². The van der Waals surface area contributed by atoms with Crippen LogP contribution in [0.3, 0.4) is 0 Å². The van der Waals surface area contributed by atoms with Gasteiger partial charge in [-0.25, -0.2) is 0 Å². The average molecular weight is 292 g/mol. The van der Waals surface area contributed by atoms with E-state index in [1.54, 1.807) is 0 Å². The lowest BCUT2D eigenvalue weighted by molar-refractivity contribution is 0.0995. The molecule has 0 saturated heterocycles. The fourth-order valence-corrected chi connectivity index (χ4v) is 2.46. The third-order valence-electron chi connectivity index (χ3n) is 3.74. The number of rotatable bonds is 9. The summed E-state index contributed by atoms with van der Waals surface area (Å²) < 4.78 is 0. The molecule has 0 fully saturated rings. The highest BCUT2D eigenvalue weighted by Crippen LogP contribution is 2.08. The molecule has 0 radical (unpaired) electrons. The predicted octanol–water partition coefficient (Wildman–Crippen LogP) is 5.62. The standard InChI is InChI=1S/C21H24O/c22-21(20-16-10-6-11-17-20)18-12-4-2-1-3-7-13-19-14-8-5-9-15-19/h4-6,8-12,14-17H,1-3,7,13,18H2/b12-4+. The summed E-state index contributed by atoms with van der Waals surface area (Å²) in [5.41, 5.74) is 2.22. The van der Waals surface area contributed by atoms with Crippen LogP contribution in [-0.2, 0) is 6.42 Å². The van der Waals surface area contributed by atoms with Crippen molar-refractivity contribution >= 4 is 5.78 Å². The summed E-state index contributed by atoms with van der Waals surface area (Å²) in [6.45, 7) is 0. The van der Waals surface area contributed by atoms with E-state index in [0.717, 1.165) is 18.4 Å². The molecule has 2 rings (SSSR count). The number of unbranched alkanes of at least 4 members (excludes halogenated alkanes) is 3. The van der Waals surface area contributed by atoms with Gasteiger partial charge >= 0.3 is 0 Å². The Labute approximate surface area is 133 Å². The van der Waals surface area contributed by atoms with Crippen LogP contribution in [0.25, 0.3) is 0 Å². The summed E-state index contributed by atoms with van der Waals surface area (Å²) in [5.74, 6) is 0.195. The molecule has 1 heteroatoms. The number of hydrogen-bond acceptors (Lipinski definition) is 1. The van der Waals surface area contributed by atoms with Crippen molar-refractivity contribution in [2.24, 2.45) is 0 Å². The second kappa shape index (κ2) is 9.73. The molecule has 0 heterocycles. The highest BCUT2D eigenvalue weighted by atomic mass is 16.1. The molecule has 0 spiro atoms. The molecule has 0 aliphatic rings. The average Bonchev–Trinajstić information content (AvgIpc) is 2.59. The second-order valence-corrected chi connectivity index (χ2v) is 5.55. The minimum atomic E-state index is 0.195. The van der Waals surface area contributed by atoms with Crippen LogP contribution < -0.4 is 0 Å². The number of hydrogen-bond donors (Lipinski definition) is 0. The zero-order valence-corrected chi connectivity index (χ0v) is 13.1. The van der Waals surface area contributed by atoms with Crippen molar-refractivity contribution in [1.29, 1.82) is 0 Å². The van der Waals surface area contributed by atoms with Crippen LogP contribution in [0.2, 0.25) is 0 Å². The number of benzene rings is 2. The van der Waals surface area contributed by atoms with Crippen LogP contribution in [0, 0.1) is 0 Å². The smallest absolute Gasteiger partial charge is 0.166 e. The number of carbonyl (C=O) groups is 1. The maximum Gasteiger partial charge on any atom is 0.166 e. The lowest BCUT2D eigenvalue weighted by atomic mass is 10.1. The van der Waals surface area contributed by atoms with E-state index in [9.17, 15) is 4.79 Å². The monoisotopic (exact) mass is 292 g/mol. The van der Waals surface area contributed by atoms with E-state index in [1.807, 2.05) is 36.4 Å². The van der Waals surface area contributed by atoms with Gasteiger partial charge in [0.25, 0.3) is 0 Å². The number of allylic oxidation sites excluding steroid dienone is 2. The summed E-state index contributed by atoms with van der Waals surface area (Å²) in [7, 11) is 0. The van der Waals surface area contributed by atoms with Crippen molar-refractivity contribution in [1.82, 2.24) is 0 Å². The highest BCUT2D eigenvalue weighted by molar-refractivity contribution is 5.96. The van der Waals surface area contributed by atoms with Crippen molar-refractivity contribution < 1.29 is 4.79 Å². The van der Waals surface area contributed by atoms with Crippen LogP contribution in [0.4, 0.5) is 0 Å². The number of carbonyl (C=O) groups excluding carboxylic acids is 1. The molecule has 2 aromatic rings. The minimum Gasteiger partial charge on any atom is -0.294 e. The van der Waals surface area contributed by atoms with Crippen LogP contribution >= 0.6 is 0 Å². The van der Waals surface area contributed by atoms with Crippen molar-refractivity contribution in [3.05, 3.63) is 83.9 Å². The van der Waals surface area contributed by atoms with Crippen molar-refractivity contribution in [3.63, 3.8) is 0 Å². The van der Waals surface area contributed by atoms with Gasteiger partial charge in [-0.2, -0.15) is 0 Å². The molecule has 0 aliphatic heterocycles. The van der Waals surface area contributed by atoms with Gasteiger partial charge in [-0.3, -0.25) is 4.79 Å². The van der Waals surface area contributed by atoms with Crippen molar-refractivity contribution in [3.8, 4) is 0 Å². The predicted molar refractivity (Wildman–Crippen MR) is 93.1 cm³/mol. The maximum atomic E-state index is 11.9. The molecule has 0 bridgehead atoms. The number of ketones is 1. The quantitative estimate of drug-likeness (QED) is 0.333. The summed E-state index contributed by atoms with van der Waals surface area (Å²) in [6.07, 6.45) is 10.6. The molecule has 0 N–H and O–H groups in total. The topological polar surface area (TPSA) is 17.1 Å². The zero-order chi connectivity index (χ0) is 15.5. The first-order chi connectivity index (χ1) is 10.9. The van der Waals surface area contributed by atoms with E-state index >= 15 is 0 Å². The first kappa shape index (κ1) is 16.2. The van der Waals surface area contributed by atoms with E-state index in [2.05, 4.69) is 36.4 Å². The Morgan fingerprint density at radius 2 is 1.45 bits per heavy atom. The molecule has 0 atom stereocenters. The van der Waals surface area contributed by atoms with Crippen LogP contribution in [0.15, 0.2) is 72.8 Å². The van der Waals surface area contributed by atoms with Gasteiger partial charge in [0, 0.05) is 12.0 Å². The van der Waals surface area contributed by atoms with Gasteiger partial charge in [-0.15, -0.1) is 0 Å². The maximum absolute atomic E-state index is 11.9. The highest BCUT2D eigenvalue weighted by Gasteiger charge is 2.01. The Morgan fingerprint density at radius 1 is 0.773 bits per heavy atom. The van der Waals surface area contributed by atoms with E-state index in [-0.39, 0.29) is 5.78 Å². The molecule has 0 aromatic heterocycles. The Bertz CT molecular complexity index is 569. The van der Waals surface area contributed by atoms with Gasteiger partial charge in [-0.1, -0.05) is 79.2 Å². The fraction of sp³-hybridized carbons (Fsp3) is 0.286. The molecule has 22 heavy (non-hydrogen) atoms. The van der Waals surface area contributed by atoms with E-state index in [0.29, 0.717) is 6.42 Å². The minimum absolute atomic E-state index is 0.195. The molecular weight excluding hydrogens is 268 g/mol. The molecule has 0 aliphatic carbocycles. The number of Topliss-reactive ketones (excluding diaryl/α,β-unsaturated/α-hetero) is 1. The Morgan fingerprint density at radius 3 is 2.18 bits per heavy atom. The summed E-state index contributed by atoms with van der Waals surface area (Å²) in [5, 5.41) is 0. The molecular formula is C21H24O. The van der Waals surface area contributed by atoms with E-state index < -0.39 is 0 Å². The third kappa shape index (κ3) is 6.09. The fourth-order valence-electron chi connectivity index (χ4n) is 2.46. The van der Waals surface area contributed by atoms with Gasteiger partial charge in [-0.05, 0) is 31.2 Å². The molecule has 1 nitrogen and oxygen atoms in total. The molecule has 0 unspecified atom stereocenters. The summed E-state index contributed by atoms with van der Waals surface area (Å²) in [6, 6.07) is 20.1. The van der Waals surface area contributed by atoms with Gasteiger partial charge in [0.15, 0.2) is 5.78 Å². The van der Waals surface area contributed by atoms with Gasteiger partial charge in [0.1, 0.15) is 0 Å².